The molecule has 1 atom stereocenters. The van der Waals surface area contributed by atoms with Crippen LogP contribution >= 0.6 is 24.0 Å². The average molecular weight is 506 g/mol. The van der Waals surface area contributed by atoms with Gasteiger partial charge in [0.15, 0.2) is 5.96 Å². The molecule has 0 spiro atoms. The maximum absolute atomic E-state index is 12.2. The molecule has 0 bridgehead atoms. The third kappa shape index (κ3) is 11.6. The van der Waals surface area contributed by atoms with Crippen molar-refractivity contribution in [3.05, 3.63) is 0 Å². The van der Waals surface area contributed by atoms with Crippen molar-refractivity contribution in [2.75, 3.05) is 52.1 Å². The number of hydrogen-bond acceptors (Lipinski definition) is 4. The van der Waals surface area contributed by atoms with Crippen LogP contribution in [0.2, 0.25) is 0 Å². The first-order chi connectivity index (χ1) is 11.8. The standard InChI is InChI=1S/C17H39N5O2S.HI/c1-7-21(8-2)14-11-12-16(5)20-17(18-6)19-13-15-25(23,24)22(9-3)10-4;/h16H,7-15H2,1-6H3,(H2,18,19,20);1H. The van der Waals surface area contributed by atoms with Gasteiger partial charge in [-0.2, -0.15) is 0 Å². The van der Waals surface area contributed by atoms with Crippen molar-refractivity contribution in [1.29, 1.82) is 0 Å². The first-order valence-corrected chi connectivity index (χ1v) is 11.1. The molecular weight excluding hydrogens is 465 g/mol. The highest BCUT2D eigenvalue weighted by molar-refractivity contribution is 14.0. The summed E-state index contributed by atoms with van der Waals surface area (Å²) in [5.41, 5.74) is 0. The molecule has 2 N–H and O–H groups in total. The van der Waals surface area contributed by atoms with Crippen LogP contribution < -0.4 is 10.6 Å². The highest BCUT2D eigenvalue weighted by Gasteiger charge is 2.18. The number of hydrogen-bond donors (Lipinski definition) is 2. The van der Waals surface area contributed by atoms with Gasteiger partial charge < -0.3 is 15.5 Å². The molecule has 0 radical (unpaired) electrons. The molecule has 26 heavy (non-hydrogen) atoms. The fraction of sp³-hybridized carbons (Fsp3) is 0.941. The molecule has 1 unspecified atom stereocenters. The highest BCUT2D eigenvalue weighted by Crippen LogP contribution is 2.01. The molecule has 0 saturated heterocycles. The Morgan fingerprint density at radius 1 is 1.08 bits per heavy atom. The summed E-state index contributed by atoms with van der Waals surface area (Å²) in [7, 11) is -1.50. The Labute approximate surface area is 178 Å². The van der Waals surface area contributed by atoms with Gasteiger partial charge in [-0.3, -0.25) is 4.99 Å². The van der Waals surface area contributed by atoms with Crippen LogP contribution in [-0.2, 0) is 10.0 Å². The lowest BCUT2D eigenvalue weighted by Crippen LogP contribution is -2.45. The van der Waals surface area contributed by atoms with Crippen LogP contribution in [0.5, 0.6) is 0 Å². The molecule has 0 aromatic heterocycles. The van der Waals surface area contributed by atoms with E-state index in [0.29, 0.717) is 31.6 Å². The molecule has 0 rings (SSSR count). The lowest BCUT2D eigenvalue weighted by atomic mass is 10.2. The Hall–Kier alpha value is -0.130. The molecule has 0 saturated carbocycles. The van der Waals surface area contributed by atoms with Gasteiger partial charge in [0.2, 0.25) is 10.0 Å². The van der Waals surface area contributed by atoms with E-state index >= 15 is 0 Å². The first kappa shape index (κ1) is 28.1. The van der Waals surface area contributed by atoms with Gasteiger partial charge in [0.25, 0.3) is 0 Å². The zero-order valence-corrected chi connectivity index (χ0v) is 20.6. The van der Waals surface area contributed by atoms with E-state index in [2.05, 4.69) is 41.3 Å². The van der Waals surface area contributed by atoms with E-state index in [0.717, 1.165) is 32.5 Å². The van der Waals surface area contributed by atoms with Crippen LogP contribution in [-0.4, -0.2) is 81.7 Å². The number of nitrogens with one attached hydrogen (secondary N) is 2. The number of halogens is 1. The molecule has 0 aromatic carbocycles. The topological polar surface area (TPSA) is 77.0 Å². The number of guanidine groups is 1. The molecule has 0 heterocycles. The predicted molar refractivity (Wildman–Crippen MR) is 123 cm³/mol. The summed E-state index contributed by atoms with van der Waals surface area (Å²) in [6, 6.07) is 0.293. The van der Waals surface area contributed by atoms with Gasteiger partial charge in [-0.05, 0) is 39.4 Å². The van der Waals surface area contributed by atoms with Crippen molar-refractivity contribution < 1.29 is 8.42 Å². The second-order valence-electron chi connectivity index (χ2n) is 6.11. The molecule has 0 aliphatic rings. The Kier molecular flexibility index (Phi) is 17.2. The Balaban J connectivity index is 0. The Morgan fingerprint density at radius 2 is 1.65 bits per heavy atom. The van der Waals surface area contributed by atoms with Gasteiger partial charge in [0.1, 0.15) is 0 Å². The Bertz CT molecular complexity index is 466. The van der Waals surface area contributed by atoms with Gasteiger partial charge in [0, 0.05) is 32.7 Å². The summed E-state index contributed by atoms with van der Waals surface area (Å²) in [4.78, 5) is 6.60. The van der Waals surface area contributed by atoms with Crippen LogP contribution in [0.15, 0.2) is 4.99 Å². The molecule has 0 fully saturated rings. The van der Waals surface area contributed by atoms with Gasteiger partial charge in [-0.25, -0.2) is 12.7 Å². The van der Waals surface area contributed by atoms with E-state index in [1.807, 2.05) is 13.8 Å². The smallest absolute Gasteiger partial charge is 0.215 e. The van der Waals surface area contributed by atoms with Gasteiger partial charge in [-0.1, -0.05) is 27.7 Å². The molecule has 0 amide bonds. The minimum atomic E-state index is -3.20. The van der Waals surface area contributed by atoms with Crippen LogP contribution in [0, 0.1) is 0 Å². The van der Waals surface area contributed by atoms with Crippen LogP contribution in [0.3, 0.4) is 0 Å². The fourth-order valence-electron chi connectivity index (χ4n) is 2.71. The molecular formula is C17H40IN5O2S. The van der Waals surface area contributed by atoms with E-state index in [1.54, 1.807) is 7.05 Å². The van der Waals surface area contributed by atoms with E-state index in [9.17, 15) is 8.42 Å². The number of sulfonamides is 1. The SMILES string of the molecule is CCN(CC)CCCC(C)NC(=NC)NCCS(=O)(=O)N(CC)CC.I. The highest BCUT2D eigenvalue weighted by atomic mass is 127. The van der Waals surface area contributed by atoms with Gasteiger partial charge in [0.05, 0.1) is 5.75 Å². The van der Waals surface area contributed by atoms with Crippen molar-refractivity contribution >= 4 is 40.0 Å². The van der Waals surface area contributed by atoms with Gasteiger partial charge >= 0.3 is 0 Å². The molecule has 158 valence electrons. The monoisotopic (exact) mass is 505 g/mol. The third-order valence-electron chi connectivity index (χ3n) is 4.36. The minimum Gasteiger partial charge on any atom is -0.355 e. The van der Waals surface area contributed by atoms with Crippen molar-refractivity contribution in [3.8, 4) is 0 Å². The molecule has 9 heteroatoms. The normalized spacial score (nSPS) is 13.6. The van der Waals surface area contributed by atoms with Crippen LogP contribution in [0.25, 0.3) is 0 Å². The first-order valence-electron chi connectivity index (χ1n) is 9.51. The summed E-state index contributed by atoms with van der Waals surface area (Å²) in [6.45, 7) is 14.9. The molecule has 0 aromatic rings. The van der Waals surface area contributed by atoms with Crippen molar-refractivity contribution in [2.24, 2.45) is 4.99 Å². The minimum absolute atomic E-state index is 0. The summed E-state index contributed by atoms with van der Waals surface area (Å²) in [5.74, 6) is 0.733. The summed E-state index contributed by atoms with van der Waals surface area (Å²) in [6.07, 6.45) is 2.18. The predicted octanol–water partition coefficient (Wildman–Crippen LogP) is 1.95. The maximum Gasteiger partial charge on any atom is 0.215 e. The largest absolute Gasteiger partial charge is 0.355 e. The summed E-state index contributed by atoms with van der Waals surface area (Å²) < 4.78 is 25.8. The van der Waals surface area contributed by atoms with Crippen molar-refractivity contribution in [2.45, 2.75) is 53.5 Å². The quantitative estimate of drug-likeness (QED) is 0.227. The van der Waals surface area contributed by atoms with Crippen LogP contribution in [0.4, 0.5) is 0 Å². The second-order valence-corrected chi connectivity index (χ2v) is 8.20. The average Bonchev–Trinajstić information content (AvgIpc) is 2.58. The second kappa shape index (κ2) is 15.9. The van der Waals surface area contributed by atoms with Crippen molar-refractivity contribution in [1.82, 2.24) is 19.8 Å². The molecule has 0 aliphatic carbocycles. The zero-order chi connectivity index (χ0) is 19.3. The van der Waals surface area contributed by atoms with E-state index < -0.39 is 10.0 Å². The number of aliphatic imine (C=N–C) groups is 1. The van der Waals surface area contributed by atoms with E-state index in [4.69, 9.17) is 0 Å². The zero-order valence-electron chi connectivity index (χ0n) is 17.4. The summed E-state index contributed by atoms with van der Waals surface area (Å²) >= 11 is 0. The van der Waals surface area contributed by atoms with Gasteiger partial charge in [-0.15, -0.1) is 24.0 Å². The lowest BCUT2D eigenvalue weighted by Gasteiger charge is -2.22. The molecule has 0 aliphatic heterocycles. The lowest BCUT2D eigenvalue weighted by molar-refractivity contribution is 0.292. The number of rotatable bonds is 13. The maximum atomic E-state index is 12.2. The number of nitrogens with zero attached hydrogens (tertiary/aromatic N) is 3. The summed E-state index contributed by atoms with van der Waals surface area (Å²) in [5, 5.41) is 6.44. The molecule has 7 nitrogen and oxygen atoms in total. The fourth-order valence-corrected chi connectivity index (χ4v) is 4.11. The van der Waals surface area contributed by atoms with E-state index in [-0.39, 0.29) is 29.7 Å². The van der Waals surface area contributed by atoms with Crippen LogP contribution in [0.1, 0.15) is 47.5 Å². The Morgan fingerprint density at radius 3 is 2.12 bits per heavy atom. The van der Waals surface area contributed by atoms with Crippen molar-refractivity contribution in [3.63, 3.8) is 0 Å². The van der Waals surface area contributed by atoms with E-state index in [1.165, 1.54) is 4.31 Å². The third-order valence-corrected chi connectivity index (χ3v) is 6.39.